The number of benzene rings is 2. The van der Waals surface area contributed by atoms with Gasteiger partial charge in [0.15, 0.2) is 0 Å². The fraction of sp³-hybridized carbons (Fsp3) is 0.417. The number of anilines is 2. The van der Waals surface area contributed by atoms with Crippen LogP contribution in [0.1, 0.15) is 26.2 Å². The van der Waals surface area contributed by atoms with E-state index in [4.69, 9.17) is 16.3 Å². The minimum absolute atomic E-state index is 0.103. The molecule has 0 saturated carbocycles. The molecular weight excluding hydrogens is 490 g/mol. The van der Waals surface area contributed by atoms with Gasteiger partial charge in [-0.1, -0.05) is 18.5 Å². The van der Waals surface area contributed by atoms with E-state index >= 15 is 0 Å². The number of carboxylic acid groups (broad SMARTS) is 1. The van der Waals surface area contributed by atoms with E-state index < -0.39 is 36.2 Å². The number of aliphatic carboxylic acids is 1. The van der Waals surface area contributed by atoms with E-state index in [2.05, 4.69) is 5.10 Å². The summed E-state index contributed by atoms with van der Waals surface area (Å²) in [6.45, 7) is 2.53. The molecule has 0 unspecified atom stereocenters. The minimum Gasteiger partial charge on any atom is -0.490 e. The van der Waals surface area contributed by atoms with Crippen molar-refractivity contribution in [1.82, 2.24) is 0 Å². The van der Waals surface area contributed by atoms with Crippen molar-refractivity contribution in [1.29, 1.82) is 0 Å². The van der Waals surface area contributed by atoms with Crippen molar-refractivity contribution >= 4 is 34.7 Å². The van der Waals surface area contributed by atoms with Crippen LogP contribution in [0.2, 0.25) is 5.02 Å². The number of hydrogen-bond donors (Lipinski definition) is 1. The highest BCUT2D eigenvalue weighted by Crippen LogP contribution is 2.37. The monoisotopic (exact) mass is 513 g/mol. The Morgan fingerprint density at radius 2 is 1.83 bits per heavy atom. The van der Waals surface area contributed by atoms with Gasteiger partial charge in [-0.3, -0.25) is 9.80 Å². The smallest absolute Gasteiger partial charge is 0.431 e. The van der Waals surface area contributed by atoms with Gasteiger partial charge < -0.3 is 14.7 Å². The van der Waals surface area contributed by atoms with Crippen LogP contribution in [0.15, 0.2) is 47.6 Å². The standard InChI is InChI=1S/C24H24ClF4N3O3/c1-14-21(13-22(33)34)32(30-23(14)24(27,28)29)16-3-5-17(6-4-16)35-18-8-10-31(11-9-18)20-7-2-15(25)12-19(20)26/h2-7,12,14,18,21H,8-11,13H2,1H3,(H,33,34)/t14-,21-/m0/s1. The Balaban J connectivity index is 1.41. The summed E-state index contributed by atoms with van der Waals surface area (Å²) in [6.07, 6.45) is -3.90. The van der Waals surface area contributed by atoms with Crippen LogP contribution in [0.25, 0.3) is 0 Å². The number of hydrazone groups is 1. The molecular formula is C24H24ClF4N3O3. The zero-order chi connectivity index (χ0) is 25.3. The van der Waals surface area contributed by atoms with E-state index in [1.807, 2.05) is 4.90 Å². The fourth-order valence-corrected chi connectivity index (χ4v) is 4.66. The summed E-state index contributed by atoms with van der Waals surface area (Å²) in [5.41, 5.74) is -0.151. The first kappa shape index (κ1) is 25.1. The van der Waals surface area contributed by atoms with Crippen molar-refractivity contribution in [3.63, 3.8) is 0 Å². The van der Waals surface area contributed by atoms with Crippen molar-refractivity contribution in [2.45, 2.75) is 44.5 Å². The average molecular weight is 514 g/mol. The van der Waals surface area contributed by atoms with Gasteiger partial charge in [-0.15, -0.1) is 0 Å². The number of hydrogen-bond acceptors (Lipinski definition) is 5. The van der Waals surface area contributed by atoms with Gasteiger partial charge >= 0.3 is 12.1 Å². The van der Waals surface area contributed by atoms with Gasteiger partial charge in [0.05, 0.1) is 23.8 Å². The number of rotatable bonds is 6. The van der Waals surface area contributed by atoms with Gasteiger partial charge in [-0.05, 0) is 42.5 Å². The Morgan fingerprint density at radius 3 is 2.40 bits per heavy atom. The second kappa shape index (κ2) is 9.93. The molecule has 1 fully saturated rings. The van der Waals surface area contributed by atoms with Crippen LogP contribution in [-0.4, -0.2) is 48.2 Å². The predicted octanol–water partition coefficient (Wildman–Crippen LogP) is 5.74. The molecule has 2 aliphatic heterocycles. The molecule has 0 amide bonds. The zero-order valence-electron chi connectivity index (χ0n) is 18.8. The number of alkyl halides is 3. The third-order valence-electron chi connectivity index (χ3n) is 6.31. The first-order valence-electron chi connectivity index (χ1n) is 11.2. The largest absolute Gasteiger partial charge is 0.490 e. The lowest BCUT2D eigenvalue weighted by Crippen LogP contribution is -2.38. The summed E-state index contributed by atoms with van der Waals surface area (Å²) in [6, 6.07) is 10.0. The molecule has 1 N–H and O–H groups in total. The van der Waals surface area contributed by atoms with Crippen LogP contribution in [0, 0.1) is 11.7 Å². The Hall–Kier alpha value is -3.01. The molecule has 0 spiro atoms. The second-order valence-electron chi connectivity index (χ2n) is 8.68. The maximum Gasteiger partial charge on any atom is 0.431 e. The van der Waals surface area contributed by atoms with Crippen LogP contribution < -0.4 is 14.6 Å². The Labute approximate surface area is 204 Å². The summed E-state index contributed by atoms with van der Waals surface area (Å²) >= 11 is 5.82. The molecule has 11 heteroatoms. The molecule has 2 heterocycles. The number of ether oxygens (including phenoxy) is 1. The molecule has 35 heavy (non-hydrogen) atoms. The lowest BCUT2D eigenvalue weighted by atomic mass is 9.94. The van der Waals surface area contributed by atoms with E-state index in [0.29, 0.717) is 48.1 Å². The van der Waals surface area contributed by atoms with Crippen molar-refractivity contribution in [2.24, 2.45) is 11.0 Å². The molecule has 2 aromatic carbocycles. The molecule has 0 radical (unpaired) electrons. The topological polar surface area (TPSA) is 65.4 Å². The summed E-state index contributed by atoms with van der Waals surface area (Å²) in [5.74, 6) is -2.12. The molecule has 1 saturated heterocycles. The van der Waals surface area contributed by atoms with Gasteiger partial charge in [0, 0.05) is 36.9 Å². The highest BCUT2D eigenvalue weighted by Gasteiger charge is 2.48. The summed E-state index contributed by atoms with van der Waals surface area (Å²) in [5, 5.41) is 14.4. The number of carbonyl (C=O) groups is 1. The van der Waals surface area contributed by atoms with Crippen LogP contribution in [-0.2, 0) is 4.79 Å². The molecule has 0 aliphatic carbocycles. The van der Waals surface area contributed by atoms with Crippen LogP contribution in [0.4, 0.5) is 28.9 Å². The lowest BCUT2D eigenvalue weighted by molar-refractivity contribution is -0.137. The van der Waals surface area contributed by atoms with Crippen molar-refractivity contribution in [2.75, 3.05) is 23.0 Å². The van der Waals surface area contributed by atoms with Crippen molar-refractivity contribution in [3.8, 4) is 5.75 Å². The fourth-order valence-electron chi connectivity index (χ4n) is 4.50. The molecule has 2 aliphatic rings. The SMILES string of the molecule is C[C@@H]1C(C(F)(F)F)=NN(c2ccc(OC3CCN(c4ccc(Cl)cc4F)CC3)cc2)[C@H]1CC(=O)O. The molecule has 0 bridgehead atoms. The highest BCUT2D eigenvalue weighted by atomic mass is 35.5. The van der Waals surface area contributed by atoms with Crippen LogP contribution in [0.3, 0.4) is 0 Å². The van der Waals surface area contributed by atoms with Gasteiger partial charge in [0.25, 0.3) is 0 Å². The van der Waals surface area contributed by atoms with Crippen LogP contribution in [0.5, 0.6) is 5.75 Å². The van der Waals surface area contributed by atoms with Gasteiger partial charge in [0.1, 0.15) is 23.4 Å². The number of piperidine rings is 1. The third kappa shape index (κ3) is 5.63. The number of halogens is 5. The van der Waals surface area contributed by atoms with Gasteiger partial charge in [-0.25, -0.2) is 4.39 Å². The van der Waals surface area contributed by atoms with E-state index in [-0.39, 0.29) is 11.9 Å². The second-order valence-corrected chi connectivity index (χ2v) is 9.11. The summed E-state index contributed by atoms with van der Waals surface area (Å²) < 4.78 is 60.3. The zero-order valence-corrected chi connectivity index (χ0v) is 19.6. The van der Waals surface area contributed by atoms with Gasteiger partial charge in [0.2, 0.25) is 0 Å². The quantitative estimate of drug-likeness (QED) is 0.499. The Morgan fingerprint density at radius 1 is 1.17 bits per heavy atom. The first-order chi connectivity index (χ1) is 16.5. The maximum absolute atomic E-state index is 14.2. The predicted molar refractivity (Wildman–Crippen MR) is 125 cm³/mol. The normalized spacial score (nSPS) is 21.3. The summed E-state index contributed by atoms with van der Waals surface area (Å²) in [4.78, 5) is 13.2. The lowest BCUT2D eigenvalue weighted by Gasteiger charge is -2.34. The van der Waals surface area contributed by atoms with E-state index in [9.17, 15) is 27.5 Å². The number of carboxylic acids is 1. The molecule has 6 nitrogen and oxygen atoms in total. The first-order valence-corrected chi connectivity index (χ1v) is 11.5. The molecule has 4 rings (SSSR count). The van der Waals surface area contributed by atoms with E-state index in [0.717, 1.165) is 5.01 Å². The van der Waals surface area contributed by atoms with E-state index in [1.54, 1.807) is 36.4 Å². The maximum atomic E-state index is 14.2. The van der Waals surface area contributed by atoms with E-state index in [1.165, 1.54) is 13.0 Å². The van der Waals surface area contributed by atoms with Crippen molar-refractivity contribution < 1.29 is 32.2 Å². The highest BCUT2D eigenvalue weighted by molar-refractivity contribution is 6.30. The summed E-state index contributed by atoms with van der Waals surface area (Å²) in [7, 11) is 0. The Kier molecular flexibility index (Phi) is 7.12. The van der Waals surface area contributed by atoms with Gasteiger partial charge in [-0.2, -0.15) is 18.3 Å². The number of nitrogens with zero attached hydrogens (tertiary/aromatic N) is 3. The van der Waals surface area contributed by atoms with Crippen LogP contribution >= 0.6 is 11.6 Å². The third-order valence-corrected chi connectivity index (χ3v) is 6.54. The average Bonchev–Trinajstić information content (AvgIpc) is 3.11. The molecule has 2 aromatic rings. The Bertz CT molecular complexity index is 1100. The molecule has 188 valence electrons. The minimum atomic E-state index is -4.64. The molecule has 2 atom stereocenters. The van der Waals surface area contributed by atoms with Crippen molar-refractivity contribution in [3.05, 3.63) is 53.3 Å². The molecule has 0 aromatic heterocycles.